The Morgan fingerprint density at radius 1 is 1.45 bits per heavy atom. The predicted octanol–water partition coefficient (Wildman–Crippen LogP) is 0.982. The number of halogens is 1. The Bertz CT molecular complexity index is 569. The van der Waals surface area contributed by atoms with E-state index in [1.165, 1.54) is 12.1 Å². The minimum Gasteiger partial charge on any atom is -0.468 e. The number of ether oxygens (including phenoxy) is 1. The maximum absolute atomic E-state index is 13.8. The highest BCUT2D eigenvalue weighted by atomic mass is 32.2. The van der Waals surface area contributed by atoms with Crippen molar-refractivity contribution < 1.29 is 22.3 Å². The highest BCUT2D eigenvalue weighted by molar-refractivity contribution is 7.89. The van der Waals surface area contributed by atoms with E-state index < -0.39 is 33.3 Å². The van der Waals surface area contributed by atoms with Gasteiger partial charge < -0.3 is 10.5 Å². The van der Waals surface area contributed by atoms with Gasteiger partial charge in [-0.3, -0.25) is 4.79 Å². The van der Waals surface area contributed by atoms with Gasteiger partial charge >= 0.3 is 5.97 Å². The third-order valence-corrected chi connectivity index (χ3v) is 4.54. The molecule has 0 aliphatic heterocycles. The third kappa shape index (κ3) is 3.45. The lowest BCUT2D eigenvalue weighted by atomic mass is 10.3. The number of benzene rings is 1. The van der Waals surface area contributed by atoms with Crippen LogP contribution in [0.1, 0.15) is 13.3 Å². The van der Waals surface area contributed by atoms with Gasteiger partial charge in [0.15, 0.2) is 0 Å². The van der Waals surface area contributed by atoms with Crippen LogP contribution in [0.2, 0.25) is 0 Å². The fourth-order valence-electron chi connectivity index (χ4n) is 1.67. The molecule has 1 rings (SSSR count). The summed E-state index contributed by atoms with van der Waals surface area (Å²) in [5.41, 5.74) is 5.34. The SMILES string of the molecule is CCCN(CC(=O)OC)S(=O)(=O)c1c(N)cccc1F. The fourth-order valence-corrected chi connectivity index (χ4v) is 3.31. The van der Waals surface area contributed by atoms with Crippen molar-refractivity contribution in [3.05, 3.63) is 24.0 Å². The van der Waals surface area contributed by atoms with Crippen LogP contribution in [-0.4, -0.2) is 38.9 Å². The summed E-state index contributed by atoms with van der Waals surface area (Å²) in [6, 6.07) is 3.61. The highest BCUT2D eigenvalue weighted by Crippen LogP contribution is 2.25. The van der Waals surface area contributed by atoms with Gasteiger partial charge in [0.25, 0.3) is 0 Å². The van der Waals surface area contributed by atoms with Crippen LogP contribution < -0.4 is 5.73 Å². The molecule has 1 aromatic carbocycles. The quantitative estimate of drug-likeness (QED) is 0.625. The predicted molar refractivity (Wildman–Crippen MR) is 71.9 cm³/mol. The molecule has 0 heterocycles. The fraction of sp³-hybridized carbons (Fsp3) is 0.417. The maximum Gasteiger partial charge on any atom is 0.321 e. The Kier molecular flexibility index (Phi) is 5.46. The molecule has 1 aromatic rings. The van der Waals surface area contributed by atoms with Crippen molar-refractivity contribution in [3.63, 3.8) is 0 Å². The first-order valence-corrected chi connectivity index (χ1v) is 7.39. The van der Waals surface area contributed by atoms with Crippen molar-refractivity contribution in [1.29, 1.82) is 0 Å². The number of hydrogen-bond donors (Lipinski definition) is 1. The van der Waals surface area contributed by atoms with E-state index in [2.05, 4.69) is 4.74 Å². The first kappa shape index (κ1) is 16.4. The van der Waals surface area contributed by atoms with E-state index in [0.717, 1.165) is 17.5 Å². The van der Waals surface area contributed by atoms with Crippen LogP contribution in [0.5, 0.6) is 0 Å². The Morgan fingerprint density at radius 2 is 2.10 bits per heavy atom. The van der Waals surface area contributed by atoms with E-state index in [9.17, 15) is 17.6 Å². The number of nitrogens with zero attached hydrogens (tertiary/aromatic N) is 1. The van der Waals surface area contributed by atoms with Gasteiger partial charge in [-0.25, -0.2) is 12.8 Å². The van der Waals surface area contributed by atoms with Crippen molar-refractivity contribution >= 4 is 21.7 Å². The summed E-state index contributed by atoms with van der Waals surface area (Å²) in [4.78, 5) is 10.7. The molecule has 6 nitrogen and oxygen atoms in total. The number of sulfonamides is 1. The van der Waals surface area contributed by atoms with E-state index in [1.807, 2.05) is 0 Å². The number of carbonyl (C=O) groups is 1. The zero-order valence-corrected chi connectivity index (χ0v) is 12.1. The number of carbonyl (C=O) groups excluding carboxylic acids is 1. The summed E-state index contributed by atoms with van der Waals surface area (Å²) in [5, 5.41) is 0. The molecule has 0 radical (unpaired) electrons. The average molecular weight is 304 g/mol. The molecule has 0 aliphatic carbocycles. The van der Waals surface area contributed by atoms with Crippen LogP contribution in [0.4, 0.5) is 10.1 Å². The largest absolute Gasteiger partial charge is 0.468 e. The highest BCUT2D eigenvalue weighted by Gasteiger charge is 2.30. The van der Waals surface area contributed by atoms with Gasteiger partial charge in [0.2, 0.25) is 10.0 Å². The summed E-state index contributed by atoms with van der Waals surface area (Å²) in [7, 11) is -3.05. The molecule has 0 unspecified atom stereocenters. The van der Waals surface area contributed by atoms with Crippen LogP contribution in [0.15, 0.2) is 23.1 Å². The van der Waals surface area contributed by atoms with E-state index in [-0.39, 0.29) is 12.2 Å². The summed E-state index contributed by atoms with van der Waals surface area (Å²) in [6.07, 6.45) is 0.463. The molecule has 8 heteroatoms. The molecule has 0 atom stereocenters. The first-order valence-electron chi connectivity index (χ1n) is 5.95. The minimum absolute atomic E-state index is 0.0607. The van der Waals surface area contributed by atoms with Gasteiger partial charge in [-0.1, -0.05) is 13.0 Å². The smallest absolute Gasteiger partial charge is 0.321 e. The Hall–Kier alpha value is -1.67. The Balaban J connectivity index is 3.26. The number of hydrogen-bond acceptors (Lipinski definition) is 5. The molecule has 0 saturated heterocycles. The lowest BCUT2D eigenvalue weighted by Crippen LogP contribution is -2.37. The van der Waals surface area contributed by atoms with E-state index in [4.69, 9.17) is 5.73 Å². The number of methoxy groups -OCH3 is 1. The minimum atomic E-state index is -4.20. The Labute approximate surface area is 117 Å². The number of nitrogen functional groups attached to an aromatic ring is 1. The second-order valence-corrected chi connectivity index (χ2v) is 5.95. The van der Waals surface area contributed by atoms with Gasteiger partial charge in [-0.2, -0.15) is 4.31 Å². The normalized spacial score (nSPS) is 11.6. The average Bonchev–Trinajstić information content (AvgIpc) is 2.37. The van der Waals surface area contributed by atoms with Gasteiger partial charge in [-0.05, 0) is 18.6 Å². The van der Waals surface area contributed by atoms with Crippen molar-refractivity contribution in [2.75, 3.05) is 25.9 Å². The summed E-state index contributed by atoms with van der Waals surface area (Å²) in [5.74, 6) is -1.67. The molecule has 20 heavy (non-hydrogen) atoms. The topological polar surface area (TPSA) is 89.7 Å². The molecule has 0 amide bonds. The van der Waals surface area contributed by atoms with Crippen molar-refractivity contribution in [1.82, 2.24) is 4.31 Å². The lowest BCUT2D eigenvalue weighted by molar-refractivity contribution is -0.140. The molecule has 0 aliphatic rings. The standard InChI is InChI=1S/C12H17FN2O4S/c1-3-7-15(8-11(16)19-2)20(17,18)12-9(13)5-4-6-10(12)14/h4-6H,3,7-8,14H2,1-2H3. The van der Waals surface area contributed by atoms with Crippen LogP contribution >= 0.6 is 0 Å². The number of anilines is 1. The second kappa shape index (κ2) is 6.67. The molecular weight excluding hydrogens is 287 g/mol. The zero-order valence-electron chi connectivity index (χ0n) is 11.3. The van der Waals surface area contributed by atoms with Gasteiger partial charge in [0, 0.05) is 6.54 Å². The van der Waals surface area contributed by atoms with Gasteiger partial charge in [0.1, 0.15) is 17.3 Å². The third-order valence-electron chi connectivity index (χ3n) is 2.60. The molecule has 112 valence electrons. The molecule has 0 bridgehead atoms. The van der Waals surface area contributed by atoms with Gasteiger partial charge in [0.05, 0.1) is 12.8 Å². The van der Waals surface area contributed by atoms with E-state index >= 15 is 0 Å². The molecule has 0 spiro atoms. The van der Waals surface area contributed by atoms with Crippen molar-refractivity contribution in [2.45, 2.75) is 18.2 Å². The summed E-state index contributed by atoms with van der Waals surface area (Å²) in [6.45, 7) is 1.32. The van der Waals surface area contributed by atoms with E-state index in [0.29, 0.717) is 6.42 Å². The van der Waals surface area contributed by atoms with Crippen molar-refractivity contribution in [3.8, 4) is 0 Å². The lowest BCUT2D eigenvalue weighted by Gasteiger charge is -2.21. The molecule has 0 aromatic heterocycles. The molecule has 0 saturated carbocycles. The van der Waals surface area contributed by atoms with Crippen LogP contribution in [0.3, 0.4) is 0 Å². The monoisotopic (exact) mass is 304 g/mol. The molecular formula is C12H17FN2O4S. The second-order valence-electron chi connectivity index (χ2n) is 4.07. The van der Waals surface area contributed by atoms with Crippen LogP contribution in [0.25, 0.3) is 0 Å². The van der Waals surface area contributed by atoms with E-state index in [1.54, 1.807) is 6.92 Å². The zero-order chi connectivity index (χ0) is 15.3. The number of esters is 1. The van der Waals surface area contributed by atoms with Crippen LogP contribution in [-0.2, 0) is 19.6 Å². The summed E-state index contributed by atoms with van der Waals surface area (Å²) >= 11 is 0. The first-order chi connectivity index (χ1) is 9.34. The molecule has 2 N–H and O–H groups in total. The van der Waals surface area contributed by atoms with Gasteiger partial charge in [-0.15, -0.1) is 0 Å². The summed E-state index contributed by atoms with van der Waals surface area (Å²) < 4.78 is 43.9. The number of nitrogens with two attached hydrogens (primary N) is 1. The Morgan fingerprint density at radius 3 is 2.60 bits per heavy atom. The van der Waals surface area contributed by atoms with Crippen molar-refractivity contribution in [2.24, 2.45) is 0 Å². The maximum atomic E-state index is 13.8. The molecule has 0 fully saturated rings. The van der Waals surface area contributed by atoms with Crippen LogP contribution in [0, 0.1) is 5.82 Å². The number of rotatable bonds is 6.